The van der Waals surface area contributed by atoms with Crippen LogP contribution in [0.1, 0.15) is 89.2 Å². The Morgan fingerprint density at radius 2 is 1.63 bits per heavy atom. The summed E-state index contributed by atoms with van der Waals surface area (Å²) in [6.07, 6.45) is 12.4. The molecule has 1 unspecified atom stereocenters. The number of carbonyl (C=O) groups is 2. The van der Waals surface area contributed by atoms with E-state index in [0.29, 0.717) is 0 Å². The second kappa shape index (κ2) is 9.84. The number of hydrogen-bond donors (Lipinski definition) is 0. The molecule has 1 saturated heterocycles. The van der Waals surface area contributed by atoms with Crippen LogP contribution in [0.25, 0.3) is 0 Å². The van der Waals surface area contributed by atoms with Crippen LogP contribution in [-0.4, -0.2) is 46.8 Å². The monoisotopic (exact) mass is 412 g/mol. The maximum atomic E-state index is 13.6. The molecule has 3 aliphatic rings. The fourth-order valence-electron chi connectivity index (χ4n) is 4.96. The standard InChI is InChI=1S/C25H36N2O3/c1-2-3-4-8-17-30-22-15-11-19(12-16-22)24-25(29)26(20-9-6-5-7-10-20)18-23(28)27(24)21-13-14-21/h11-12,15-16,20-21,24H,2-10,13-14,17-18H2,1H3. The third-order valence-corrected chi connectivity index (χ3v) is 6.81. The summed E-state index contributed by atoms with van der Waals surface area (Å²) in [6, 6.07) is 7.86. The molecule has 4 rings (SSSR count). The van der Waals surface area contributed by atoms with Gasteiger partial charge in [-0.1, -0.05) is 57.6 Å². The molecule has 2 saturated carbocycles. The van der Waals surface area contributed by atoms with Crippen LogP contribution in [0.4, 0.5) is 0 Å². The van der Waals surface area contributed by atoms with Gasteiger partial charge in [0.25, 0.3) is 5.91 Å². The molecule has 1 atom stereocenters. The van der Waals surface area contributed by atoms with Crippen LogP contribution in [0.3, 0.4) is 0 Å². The number of carbonyl (C=O) groups excluding carboxylic acids is 2. The van der Waals surface area contributed by atoms with Crippen molar-refractivity contribution in [2.45, 2.75) is 95.7 Å². The zero-order valence-corrected chi connectivity index (χ0v) is 18.4. The van der Waals surface area contributed by atoms with E-state index >= 15 is 0 Å². The van der Waals surface area contributed by atoms with E-state index in [4.69, 9.17) is 4.74 Å². The number of amides is 2. The number of piperazine rings is 1. The fourth-order valence-corrected chi connectivity index (χ4v) is 4.96. The van der Waals surface area contributed by atoms with E-state index in [1.165, 1.54) is 25.7 Å². The first-order valence-corrected chi connectivity index (χ1v) is 12.0. The lowest BCUT2D eigenvalue weighted by atomic mass is 9.91. The molecule has 0 aromatic heterocycles. The molecule has 2 amide bonds. The van der Waals surface area contributed by atoms with Crippen LogP contribution in [0.5, 0.6) is 5.75 Å². The van der Waals surface area contributed by atoms with Gasteiger partial charge in [0.05, 0.1) is 6.61 Å². The first-order valence-electron chi connectivity index (χ1n) is 12.0. The van der Waals surface area contributed by atoms with Crippen molar-refractivity contribution in [2.24, 2.45) is 0 Å². The lowest BCUT2D eigenvalue weighted by molar-refractivity contribution is -0.159. The van der Waals surface area contributed by atoms with Gasteiger partial charge in [0.2, 0.25) is 5.91 Å². The maximum Gasteiger partial charge on any atom is 0.250 e. The predicted octanol–water partition coefficient (Wildman–Crippen LogP) is 4.85. The van der Waals surface area contributed by atoms with Crippen LogP contribution in [0.15, 0.2) is 24.3 Å². The van der Waals surface area contributed by atoms with Crippen LogP contribution >= 0.6 is 0 Å². The largest absolute Gasteiger partial charge is 0.494 e. The molecule has 5 heteroatoms. The average molecular weight is 413 g/mol. The van der Waals surface area contributed by atoms with Gasteiger partial charge in [-0.15, -0.1) is 0 Å². The van der Waals surface area contributed by atoms with Crippen LogP contribution in [-0.2, 0) is 9.59 Å². The van der Waals surface area contributed by atoms with Crippen LogP contribution < -0.4 is 4.74 Å². The highest BCUT2D eigenvalue weighted by Gasteiger charge is 2.48. The molecule has 2 aliphatic carbocycles. The van der Waals surface area contributed by atoms with E-state index in [2.05, 4.69) is 6.92 Å². The summed E-state index contributed by atoms with van der Waals surface area (Å²) in [5.74, 6) is 1.07. The fraction of sp³-hybridized carbons (Fsp3) is 0.680. The van der Waals surface area contributed by atoms with Crippen molar-refractivity contribution in [2.75, 3.05) is 13.2 Å². The van der Waals surface area contributed by atoms with E-state index in [9.17, 15) is 9.59 Å². The molecule has 30 heavy (non-hydrogen) atoms. The smallest absolute Gasteiger partial charge is 0.250 e. The molecule has 164 valence electrons. The molecule has 5 nitrogen and oxygen atoms in total. The second-order valence-electron chi connectivity index (χ2n) is 9.17. The summed E-state index contributed by atoms with van der Waals surface area (Å²) in [6.45, 7) is 3.19. The molecule has 3 fully saturated rings. The predicted molar refractivity (Wildman–Crippen MR) is 117 cm³/mol. The molecule has 1 aromatic rings. The molecule has 1 heterocycles. The third-order valence-electron chi connectivity index (χ3n) is 6.81. The van der Waals surface area contributed by atoms with Crippen molar-refractivity contribution in [3.05, 3.63) is 29.8 Å². The number of unbranched alkanes of at least 4 members (excludes halogenated alkanes) is 3. The lowest BCUT2D eigenvalue weighted by Gasteiger charge is -2.44. The highest BCUT2D eigenvalue weighted by Crippen LogP contribution is 2.39. The molecule has 1 aromatic carbocycles. The summed E-state index contributed by atoms with van der Waals surface area (Å²) < 4.78 is 5.87. The van der Waals surface area contributed by atoms with Crippen LogP contribution in [0, 0.1) is 0 Å². The Morgan fingerprint density at radius 1 is 0.900 bits per heavy atom. The Bertz CT molecular complexity index is 722. The quantitative estimate of drug-likeness (QED) is 0.545. The topological polar surface area (TPSA) is 49.9 Å². The Kier molecular flexibility index (Phi) is 6.96. The zero-order valence-electron chi connectivity index (χ0n) is 18.4. The third kappa shape index (κ3) is 4.81. The van der Waals surface area contributed by atoms with Crippen LogP contribution in [0.2, 0.25) is 0 Å². The van der Waals surface area contributed by atoms with Gasteiger partial charge in [0.1, 0.15) is 18.3 Å². The SMILES string of the molecule is CCCCCCOc1ccc(C2C(=O)N(C3CCCCC3)CC(=O)N2C2CC2)cc1. The van der Waals surface area contributed by atoms with E-state index in [1.54, 1.807) is 0 Å². The average Bonchev–Trinajstić information content (AvgIpc) is 3.61. The highest BCUT2D eigenvalue weighted by molar-refractivity contribution is 5.96. The summed E-state index contributed by atoms with van der Waals surface area (Å²) >= 11 is 0. The highest BCUT2D eigenvalue weighted by atomic mass is 16.5. The Labute approximate surface area is 180 Å². The minimum atomic E-state index is -0.473. The molecule has 0 spiro atoms. The Morgan fingerprint density at radius 3 is 2.30 bits per heavy atom. The molecule has 0 N–H and O–H groups in total. The lowest BCUT2D eigenvalue weighted by Crippen LogP contribution is -2.59. The normalized spacial score (nSPS) is 23.2. The van der Waals surface area contributed by atoms with Crippen molar-refractivity contribution in [1.29, 1.82) is 0 Å². The van der Waals surface area contributed by atoms with E-state index in [0.717, 1.165) is 62.9 Å². The number of benzene rings is 1. The molecule has 0 radical (unpaired) electrons. The van der Waals surface area contributed by atoms with Crippen molar-refractivity contribution in [3.63, 3.8) is 0 Å². The Balaban J connectivity index is 1.47. The Hall–Kier alpha value is -2.04. The van der Waals surface area contributed by atoms with Gasteiger partial charge < -0.3 is 14.5 Å². The van der Waals surface area contributed by atoms with Gasteiger partial charge in [-0.05, 0) is 49.8 Å². The summed E-state index contributed by atoms with van der Waals surface area (Å²) in [5.41, 5.74) is 0.916. The van der Waals surface area contributed by atoms with Crippen molar-refractivity contribution >= 4 is 11.8 Å². The summed E-state index contributed by atoms with van der Waals surface area (Å²) in [4.78, 5) is 30.4. The molecular weight excluding hydrogens is 376 g/mol. The minimum Gasteiger partial charge on any atom is -0.494 e. The zero-order chi connectivity index (χ0) is 20.9. The first kappa shape index (κ1) is 21.2. The second-order valence-corrected chi connectivity index (χ2v) is 9.17. The van der Waals surface area contributed by atoms with Gasteiger partial charge in [-0.3, -0.25) is 9.59 Å². The minimum absolute atomic E-state index is 0.113. The van der Waals surface area contributed by atoms with Crippen molar-refractivity contribution in [1.82, 2.24) is 9.80 Å². The summed E-state index contributed by atoms with van der Waals surface area (Å²) in [7, 11) is 0. The summed E-state index contributed by atoms with van der Waals surface area (Å²) in [5, 5.41) is 0. The van der Waals surface area contributed by atoms with Gasteiger partial charge in [-0.25, -0.2) is 0 Å². The number of rotatable bonds is 9. The maximum absolute atomic E-state index is 13.6. The van der Waals surface area contributed by atoms with Gasteiger partial charge in [0, 0.05) is 12.1 Å². The molecule has 1 aliphatic heterocycles. The first-order chi connectivity index (χ1) is 14.7. The number of nitrogens with zero attached hydrogens (tertiary/aromatic N) is 2. The van der Waals surface area contributed by atoms with E-state index in [-0.39, 0.29) is 30.4 Å². The van der Waals surface area contributed by atoms with Gasteiger partial charge in [-0.2, -0.15) is 0 Å². The van der Waals surface area contributed by atoms with E-state index < -0.39 is 6.04 Å². The van der Waals surface area contributed by atoms with Crippen molar-refractivity contribution < 1.29 is 14.3 Å². The van der Waals surface area contributed by atoms with Gasteiger partial charge in [0.15, 0.2) is 0 Å². The van der Waals surface area contributed by atoms with Gasteiger partial charge >= 0.3 is 0 Å². The number of hydrogen-bond acceptors (Lipinski definition) is 3. The van der Waals surface area contributed by atoms with Crippen molar-refractivity contribution in [3.8, 4) is 5.75 Å². The number of ether oxygens (including phenoxy) is 1. The molecular formula is C25H36N2O3. The molecule has 0 bridgehead atoms. The van der Waals surface area contributed by atoms with E-state index in [1.807, 2.05) is 34.1 Å².